The molecular formula is C17H20BrN5. The summed E-state index contributed by atoms with van der Waals surface area (Å²) in [6.07, 6.45) is 1.98. The van der Waals surface area contributed by atoms with Crippen LogP contribution in [0.5, 0.6) is 0 Å². The van der Waals surface area contributed by atoms with E-state index in [1.807, 2.05) is 0 Å². The van der Waals surface area contributed by atoms with Gasteiger partial charge in [0.2, 0.25) is 5.95 Å². The lowest BCUT2D eigenvalue weighted by Gasteiger charge is -2.35. The molecule has 0 unspecified atom stereocenters. The molecule has 1 aliphatic carbocycles. The number of aromatic nitrogens is 2. The predicted octanol–water partition coefficient (Wildman–Crippen LogP) is 2.34. The summed E-state index contributed by atoms with van der Waals surface area (Å²) in [4.78, 5) is 13.9. The maximum atomic E-state index is 6.04. The molecule has 1 aromatic heterocycles. The third-order valence-electron chi connectivity index (χ3n) is 4.80. The van der Waals surface area contributed by atoms with E-state index in [1.165, 1.54) is 16.7 Å². The van der Waals surface area contributed by atoms with Crippen LogP contribution in [0, 0.1) is 0 Å². The molecule has 1 fully saturated rings. The van der Waals surface area contributed by atoms with Crippen LogP contribution in [0.25, 0.3) is 11.3 Å². The number of hydrogen-bond acceptors (Lipinski definition) is 5. The summed E-state index contributed by atoms with van der Waals surface area (Å²) in [6.45, 7) is 4.09. The molecule has 6 heteroatoms. The third kappa shape index (κ3) is 2.60. The molecule has 2 N–H and O–H groups in total. The molecule has 0 spiro atoms. The Labute approximate surface area is 144 Å². The summed E-state index contributed by atoms with van der Waals surface area (Å²) in [7, 11) is 2.16. The van der Waals surface area contributed by atoms with Gasteiger partial charge in [-0.3, -0.25) is 0 Å². The smallest absolute Gasteiger partial charge is 0.222 e. The summed E-state index contributed by atoms with van der Waals surface area (Å²) >= 11 is 3.66. The van der Waals surface area contributed by atoms with Crippen LogP contribution in [-0.4, -0.2) is 48.1 Å². The van der Waals surface area contributed by atoms with Crippen LogP contribution in [0.3, 0.4) is 0 Å². The van der Waals surface area contributed by atoms with Gasteiger partial charge in [0.25, 0.3) is 0 Å². The van der Waals surface area contributed by atoms with Crippen LogP contribution in [0.1, 0.15) is 11.1 Å². The van der Waals surface area contributed by atoms with E-state index < -0.39 is 0 Å². The lowest BCUT2D eigenvalue weighted by Crippen LogP contribution is -2.45. The molecule has 2 aromatic rings. The Balaban J connectivity index is 1.82. The van der Waals surface area contributed by atoms with E-state index in [2.05, 4.69) is 60.9 Å². The fraction of sp³-hybridized carbons (Fsp3) is 0.412. The van der Waals surface area contributed by atoms with Gasteiger partial charge in [-0.15, -0.1) is 0 Å². The number of anilines is 2. The largest absolute Gasteiger partial charge is 0.368 e. The van der Waals surface area contributed by atoms with Gasteiger partial charge in [0.15, 0.2) is 0 Å². The SMILES string of the molecule is CN1CCN(c2nc(N)nc3c2CCc2c(Br)cccc2-3)CC1. The second-order valence-corrected chi connectivity index (χ2v) is 7.14. The van der Waals surface area contributed by atoms with Crippen molar-refractivity contribution in [3.63, 3.8) is 0 Å². The molecule has 0 atom stereocenters. The Morgan fingerprint density at radius 3 is 2.57 bits per heavy atom. The van der Waals surface area contributed by atoms with Gasteiger partial charge in [0, 0.05) is 41.8 Å². The van der Waals surface area contributed by atoms with E-state index in [0.717, 1.165) is 55.0 Å². The van der Waals surface area contributed by atoms with Crippen LogP contribution in [0.2, 0.25) is 0 Å². The molecule has 2 aliphatic rings. The first-order valence-electron chi connectivity index (χ1n) is 8.01. The fourth-order valence-corrected chi connectivity index (χ4v) is 4.07. The van der Waals surface area contributed by atoms with Gasteiger partial charge in [0.1, 0.15) is 5.82 Å². The highest BCUT2D eigenvalue weighted by molar-refractivity contribution is 9.10. The average Bonchev–Trinajstić information content (AvgIpc) is 2.55. The minimum Gasteiger partial charge on any atom is -0.368 e. The maximum absolute atomic E-state index is 6.04. The molecule has 0 bridgehead atoms. The van der Waals surface area contributed by atoms with Crippen molar-refractivity contribution < 1.29 is 0 Å². The summed E-state index contributed by atoms with van der Waals surface area (Å²) in [5, 5.41) is 0. The van der Waals surface area contributed by atoms with Crippen LogP contribution in [0.15, 0.2) is 22.7 Å². The molecule has 0 radical (unpaired) electrons. The molecule has 2 heterocycles. The maximum Gasteiger partial charge on any atom is 0.222 e. The first kappa shape index (κ1) is 14.9. The van der Waals surface area contributed by atoms with Crippen molar-refractivity contribution in [1.82, 2.24) is 14.9 Å². The van der Waals surface area contributed by atoms with Crippen molar-refractivity contribution in [2.45, 2.75) is 12.8 Å². The van der Waals surface area contributed by atoms with Crippen LogP contribution in [-0.2, 0) is 12.8 Å². The molecule has 4 rings (SSSR count). The number of piperazine rings is 1. The zero-order valence-corrected chi connectivity index (χ0v) is 14.8. The first-order chi connectivity index (χ1) is 11.1. The number of halogens is 1. The molecule has 1 saturated heterocycles. The highest BCUT2D eigenvalue weighted by atomic mass is 79.9. The molecular weight excluding hydrogens is 354 g/mol. The second kappa shape index (κ2) is 5.76. The van der Waals surface area contributed by atoms with Crippen molar-refractivity contribution in [1.29, 1.82) is 0 Å². The number of nitrogens with two attached hydrogens (primary N) is 1. The Kier molecular flexibility index (Phi) is 3.73. The number of likely N-dealkylation sites (N-methyl/N-ethyl adjacent to an activating group) is 1. The zero-order valence-electron chi connectivity index (χ0n) is 13.2. The normalized spacial score (nSPS) is 17.7. The van der Waals surface area contributed by atoms with E-state index in [4.69, 9.17) is 5.73 Å². The highest BCUT2D eigenvalue weighted by Crippen LogP contribution is 2.39. The van der Waals surface area contributed by atoms with Crippen LogP contribution < -0.4 is 10.6 Å². The minimum atomic E-state index is 0.366. The third-order valence-corrected chi connectivity index (χ3v) is 5.55. The average molecular weight is 374 g/mol. The Morgan fingerprint density at radius 1 is 1.04 bits per heavy atom. The number of nitrogens with zero attached hydrogens (tertiary/aromatic N) is 4. The molecule has 0 amide bonds. The predicted molar refractivity (Wildman–Crippen MR) is 96.7 cm³/mol. The summed E-state index contributed by atoms with van der Waals surface area (Å²) in [6, 6.07) is 6.29. The van der Waals surface area contributed by atoms with E-state index in [9.17, 15) is 0 Å². The number of hydrogen-bond donors (Lipinski definition) is 1. The van der Waals surface area contributed by atoms with Gasteiger partial charge in [-0.05, 0) is 31.5 Å². The van der Waals surface area contributed by atoms with Crippen molar-refractivity contribution in [2.24, 2.45) is 0 Å². The zero-order chi connectivity index (χ0) is 16.0. The molecule has 1 aromatic carbocycles. The van der Waals surface area contributed by atoms with E-state index in [-0.39, 0.29) is 0 Å². The van der Waals surface area contributed by atoms with Crippen LogP contribution >= 0.6 is 15.9 Å². The molecule has 5 nitrogen and oxygen atoms in total. The lowest BCUT2D eigenvalue weighted by molar-refractivity contribution is 0.312. The number of rotatable bonds is 1. The van der Waals surface area contributed by atoms with E-state index in [0.29, 0.717) is 5.95 Å². The standard InChI is InChI=1S/C17H20BrN5/c1-22-7-9-23(10-8-22)16-13-6-5-11-12(3-2-4-14(11)18)15(13)20-17(19)21-16/h2-4H,5-10H2,1H3,(H2,19,20,21). The topological polar surface area (TPSA) is 58.3 Å². The molecule has 1 aliphatic heterocycles. The van der Waals surface area contributed by atoms with E-state index >= 15 is 0 Å². The lowest BCUT2D eigenvalue weighted by atomic mass is 9.89. The van der Waals surface area contributed by atoms with Gasteiger partial charge in [0.05, 0.1) is 5.69 Å². The second-order valence-electron chi connectivity index (χ2n) is 6.29. The quantitative estimate of drug-likeness (QED) is 0.831. The van der Waals surface area contributed by atoms with Crippen molar-refractivity contribution in [3.05, 3.63) is 33.8 Å². The highest BCUT2D eigenvalue weighted by Gasteiger charge is 2.26. The fourth-order valence-electron chi connectivity index (χ4n) is 3.51. The molecule has 0 saturated carbocycles. The monoisotopic (exact) mass is 373 g/mol. The van der Waals surface area contributed by atoms with Crippen molar-refractivity contribution in [2.75, 3.05) is 43.9 Å². The van der Waals surface area contributed by atoms with Crippen molar-refractivity contribution >= 4 is 27.7 Å². The number of nitrogen functional groups attached to an aromatic ring is 1. The number of fused-ring (bicyclic) bond motifs is 3. The van der Waals surface area contributed by atoms with Gasteiger partial charge in [-0.2, -0.15) is 4.98 Å². The van der Waals surface area contributed by atoms with Gasteiger partial charge in [-0.25, -0.2) is 4.98 Å². The molecule has 23 heavy (non-hydrogen) atoms. The summed E-state index contributed by atoms with van der Waals surface area (Å²) in [5.41, 5.74) is 10.8. The summed E-state index contributed by atoms with van der Waals surface area (Å²) < 4.78 is 1.15. The van der Waals surface area contributed by atoms with Gasteiger partial charge >= 0.3 is 0 Å². The van der Waals surface area contributed by atoms with E-state index in [1.54, 1.807) is 0 Å². The summed E-state index contributed by atoms with van der Waals surface area (Å²) in [5.74, 6) is 1.40. The Hall–Kier alpha value is -1.66. The van der Waals surface area contributed by atoms with Crippen molar-refractivity contribution in [3.8, 4) is 11.3 Å². The van der Waals surface area contributed by atoms with Gasteiger partial charge < -0.3 is 15.5 Å². The first-order valence-corrected chi connectivity index (χ1v) is 8.80. The minimum absolute atomic E-state index is 0.366. The van der Waals surface area contributed by atoms with Crippen LogP contribution in [0.4, 0.5) is 11.8 Å². The Morgan fingerprint density at radius 2 is 1.78 bits per heavy atom. The number of benzene rings is 1. The van der Waals surface area contributed by atoms with Gasteiger partial charge in [-0.1, -0.05) is 28.1 Å². The Bertz CT molecular complexity index is 753. The molecule has 120 valence electrons.